The standard InChI is InChI=1S/2C12H19N.C9H9NO2/c2*1-8(2)10-6-5-7-11(9(3)4)12(10)13;1-6(11)8-4-3-5-9(10-8)7(2)12/h2*5-9H,13H2,1-4H3;3-5H,1-2H3. The summed E-state index contributed by atoms with van der Waals surface area (Å²) in [4.78, 5) is 25.6. The molecular weight excluding hydrogens is 470 g/mol. The molecular formula is C33H47N3O2. The maximum Gasteiger partial charge on any atom is 0.178 e. The topological polar surface area (TPSA) is 99.1 Å². The van der Waals surface area contributed by atoms with Gasteiger partial charge in [0.2, 0.25) is 0 Å². The normalized spacial score (nSPS) is 10.7. The average molecular weight is 518 g/mol. The second-order valence-electron chi connectivity index (χ2n) is 10.8. The number of rotatable bonds is 6. The largest absolute Gasteiger partial charge is 0.398 e. The van der Waals surface area contributed by atoms with Gasteiger partial charge < -0.3 is 11.5 Å². The highest BCUT2D eigenvalue weighted by Gasteiger charge is 2.11. The lowest BCUT2D eigenvalue weighted by Crippen LogP contribution is -2.02. The van der Waals surface area contributed by atoms with Crippen LogP contribution in [0.1, 0.15) is 136 Å². The van der Waals surface area contributed by atoms with E-state index in [4.69, 9.17) is 11.5 Å². The number of hydrogen-bond donors (Lipinski definition) is 2. The molecule has 0 saturated heterocycles. The summed E-state index contributed by atoms with van der Waals surface area (Å²) in [6.07, 6.45) is 0. The van der Waals surface area contributed by atoms with Crippen molar-refractivity contribution < 1.29 is 9.59 Å². The minimum atomic E-state index is -0.127. The monoisotopic (exact) mass is 517 g/mol. The Morgan fingerprint density at radius 3 is 0.974 bits per heavy atom. The van der Waals surface area contributed by atoms with Gasteiger partial charge in [-0.1, -0.05) is 97.9 Å². The van der Waals surface area contributed by atoms with Gasteiger partial charge in [-0.2, -0.15) is 0 Å². The second-order valence-corrected chi connectivity index (χ2v) is 10.8. The number of carbonyl (C=O) groups excluding carboxylic acids is 2. The molecule has 1 aromatic heterocycles. The summed E-state index contributed by atoms with van der Waals surface area (Å²) >= 11 is 0. The number of ketones is 2. The number of nitrogens with zero attached hydrogens (tertiary/aromatic N) is 1. The van der Waals surface area contributed by atoms with Crippen LogP contribution in [0.3, 0.4) is 0 Å². The van der Waals surface area contributed by atoms with Gasteiger partial charge in [0.25, 0.3) is 0 Å². The molecule has 0 fully saturated rings. The molecule has 0 atom stereocenters. The lowest BCUT2D eigenvalue weighted by Gasteiger charge is -2.15. The highest BCUT2D eigenvalue weighted by Crippen LogP contribution is 2.30. The van der Waals surface area contributed by atoms with E-state index in [2.05, 4.69) is 96.8 Å². The molecule has 1 heterocycles. The highest BCUT2D eigenvalue weighted by molar-refractivity contribution is 5.96. The van der Waals surface area contributed by atoms with Crippen molar-refractivity contribution in [2.24, 2.45) is 0 Å². The molecule has 5 nitrogen and oxygen atoms in total. The number of benzene rings is 2. The van der Waals surface area contributed by atoms with Crippen LogP contribution in [0, 0.1) is 0 Å². The number of nitrogens with two attached hydrogens (primary N) is 2. The second kappa shape index (κ2) is 15.1. The summed E-state index contributed by atoms with van der Waals surface area (Å²) in [7, 11) is 0. The third kappa shape index (κ3) is 9.44. The molecule has 2 aromatic carbocycles. The lowest BCUT2D eigenvalue weighted by atomic mass is 9.93. The van der Waals surface area contributed by atoms with Crippen LogP contribution in [0.4, 0.5) is 11.4 Å². The van der Waals surface area contributed by atoms with Crippen LogP contribution in [0.15, 0.2) is 54.6 Å². The summed E-state index contributed by atoms with van der Waals surface area (Å²) in [6, 6.07) is 17.5. The first-order chi connectivity index (χ1) is 17.7. The van der Waals surface area contributed by atoms with Crippen LogP contribution in [0.2, 0.25) is 0 Å². The molecule has 0 saturated carbocycles. The van der Waals surface area contributed by atoms with E-state index in [0.29, 0.717) is 35.1 Å². The summed E-state index contributed by atoms with van der Waals surface area (Å²) in [5.74, 6) is 1.80. The van der Waals surface area contributed by atoms with Gasteiger partial charge in [0, 0.05) is 25.2 Å². The molecule has 4 N–H and O–H groups in total. The zero-order valence-electron chi connectivity index (χ0n) is 24.9. The maximum absolute atomic E-state index is 10.8. The SMILES string of the molecule is CC(=O)c1cccc(C(C)=O)n1.CC(C)c1cccc(C(C)C)c1N.CC(C)c1cccc(C(C)C)c1N. The number of hydrogen-bond acceptors (Lipinski definition) is 5. The molecule has 38 heavy (non-hydrogen) atoms. The molecule has 0 unspecified atom stereocenters. The maximum atomic E-state index is 10.8. The van der Waals surface area contributed by atoms with Crippen molar-refractivity contribution in [1.29, 1.82) is 0 Å². The number of para-hydroxylation sites is 2. The zero-order chi connectivity index (χ0) is 29.2. The third-order valence-electron chi connectivity index (χ3n) is 6.31. The predicted molar refractivity (Wildman–Crippen MR) is 162 cm³/mol. The van der Waals surface area contributed by atoms with Crippen molar-refractivity contribution in [3.05, 3.63) is 88.2 Å². The Kier molecular flexibility index (Phi) is 12.9. The summed E-state index contributed by atoms with van der Waals surface area (Å²) < 4.78 is 0. The van der Waals surface area contributed by atoms with Crippen molar-refractivity contribution in [1.82, 2.24) is 4.98 Å². The van der Waals surface area contributed by atoms with Gasteiger partial charge >= 0.3 is 0 Å². The Bertz CT molecular complexity index is 1070. The van der Waals surface area contributed by atoms with Crippen LogP contribution < -0.4 is 11.5 Å². The summed E-state index contributed by atoms with van der Waals surface area (Å²) in [5, 5.41) is 0. The van der Waals surface area contributed by atoms with E-state index in [1.54, 1.807) is 18.2 Å². The molecule has 0 amide bonds. The minimum absolute atomic E-state index is 0.127. The van der Waals surface area contributed by atoms with Crippen LogP contribution in [-0.4, -0.2) is 16.6 Å². The fraction of sp³-hybridized carbons (Fsp3) is 0.424. The first kappa shape index (κ1) is 32.6. The Morgan fingerprint density at radius 2 is 0.763 bits per heavy atom. The number of nitrogen functional groups attached to an aromatic ring is 2. The molecule has 0 radical (unpaired) electrons. The van der Waals surface area contributed by atoms with Gasteiger partial charge in [0.05, 0.1) is 0 Å². The van der Waals surface area contributed by atoms with E-state index in [-0.39, 0.29) is 11.6 Å². The van der Waals surface area contributed by atoms with Gasteiger partial charge in [-0.3, -0.25) is 9.59 Å². The fourth-order valence-corrected chi connectivity index (χ4v) is 4.04. The minimum Gasteiger partial charge on any atom is -0.398 e. The van der Waals surface area contributed by atoms with Crippen molar-refractivity contribution in [3.8, 4) is 0 Å². The number of carbonyl (C=O) groups is 2. The lowest BCUT2D eigenvalue weighted by molar-refractivity contribution is 0.101. The number of pyridine rings is 1. The van der Waals surface area contributed by atoms with Crippen LogP contribution in [0.25, 0.3) is 0 Å². The van der Waals surface area contributed by atoms with E-state index in [1.807, 2.05) is 0 Å². The molecule has 3 rings (SSSR count). The molecule has 5 heteroatoms. The van der Waals surface area contributed by atoms with Gasteiger partial charge in [-0.25, -0.2) is 4.98 Å². The van der Waals surface area contributed by atoms with Gasteiger partial charge in [0.1, 0.15) is 11.4 Å². The van der Waals surface area contributed by atoms with Crippen molar-refractivity contribution >= 4 is 22.9 Å². The van der Waals surface area contributed by atoms with E-state index >= 15 is 0 Å². The molecule has 0 aliphatic carbocycles. The number of aromatic nitrogens is 1. The average Bonchev–Trinajstić information content (AvgIpc) is 2.84. The van der Waals surface area contributed by atoms with E-state index < -0.39 is 0 Å². The Labute approximate surface area is 230 Å². The zero-order valence-corrected chi connectivity index (χ0v) is 24.9. The molecule has 0 aliphatic heterocycles. The third-order valence-corrected chi connectivity index (χ3v) is 6.31. The molecule has 0 aliphatic rings. The Hall–Kier alpha value is -3.47. The quantitative estimate of drug-likeness (QED) is 0.252. The Morgan fingerprint density at radius 1 is 0.526 bits per heavy atom. The molecule has 0 spiro atoms. The highest BCUT2D eigenvalue weighted by atomic mass is 16.1. The van der Waals surface area contributed by atoms with Crippen LogP contribution >= 0.6 is 0 Å². The van der Waals surface area contributed by atoms with Gasteiger partial charge in [0.15, 0.2) is 11.6 Å². The fourth-order valence-electron chi connectivity index (χ4n) is 4.04. The van der Waals surface area contributed by atoms with E-state index in [1.165, 1.54) is 36.1 Å². The number of Topliss-reactive ketones (excluding diaryl/α,β-unsaturated/α-hetero) is 2. The van der Waals surface area contributed by atoms with E-state index in [0.717, 1.165) is 11.4 Å². The smallest absolute Gasteiger partial charge is 0.178 e. The van der Waals surface area contributed by atoms with Crippen molar-refractivity contribution in [2.45, 2.75) is 92.9 Å². The van der Waals surface area contributed by atoms with Crippen molar-refractivity contribution in [2.75, 3.05) is 11.5 Å². The Balaban J connectivity index is 0.000000285. The van der Waals surface area contributed by atoms with Crippen LogP contribution in [0.5, 0.6) is 0 Å². The first-order valence-electron chi connectivity index (χ1n) is 13.4. The summed E-state index contributed by atoms with van der Waals surface area (Å²) in [6.45, 7) is 20.3. The molecule has 0 bridgehead atoms. The first-order valence-corrected chi connectivity index (χ1v) is 13.4. The van der Waals surface area contributed by atoms with Crippen molar-refractivity contribution in [3.63, 3.8) is 0 Å². The summed E-state index contributed by atoms with van der Waals surface area (Å²) in [5.41, 5.74) is 19.9. The van der Waals surface area contributed by atoms with E-state index in [9.17, 15) is 9.59 Å². The predicted octanol–water partition coefficient (Wildman–Crippen LogP) is 8.52. The molecule has 206 valence electrons. The van der Waals surface area contributed by atoms with Gasteiger partial charge in [-0.05, 0) is 58.1 Å². The molecule has 3 aromatic rings. The van der Waals surface area contributed by atoms with Gasteiger partial charge in [-0.15, -0.1) is 0 Å². The number of anilines is 2. The van der Waals surface area contributed by atoms with Crippen LogP contribution in [-0.2, 0) is 0 Å².